The molecule has 2 nitrogen and oxygen atoms in total. The van der Waals surface area contributed by atoms with Crippen LogP contribution in [0.3, 0.4) is 0 Å². The molecule has 0 aliphatic heterocycles. The van der Waals surface area contributed by atoms with E-state index in [1.807, 2.05) is 99.7 Å². The number of allylic oxidation sites excluding steroid dienone is 17. The Balaban J connectivity index is 2.27. The Bertz CT molecular complexity index is 1520. The van der Waals surface area contributed by atoms with E-state index in [9.17, 15) is 0 Å². The number of rotatable bonds is 13. The van der Waals surface area contributed by atoms with Crippen LogP contribution in [-0.2, 0) is 0 Å². The number of hydrogen-bond donors (Lipinski definition) is 2. The minimum atomic E-state index is 0.734. The molecule has 0 radical (unpaired) electrons. The molecule has 208 valence electrons. The first-order valence-corrected chi connectivity index (χ1v) is 13.7. The van der Waals surface area contributed by atoms with Crippen molar-refractivity contribution in [1.82, 2.24) is 0 Å². The molecule has 0 aliphatic carbocycles. The van der Waals surface area contributed by atoms with Crippen molar-refractivity contribution in [2.75, 3.05) is 0 Å². The van der Waals surface area contributed by atoms with Crippen LogP contribution in [0.1, 0.15) is 37.5 Å². The SMILES string of the molecule is C=C(\C=C/C(=C\C)C(=C\C=C/C)/C(=C)/C=C\C=N)C(=C)/C=C\c1cc(-c2cccc(/C(N)=C/C=C\C)c2)ccc1C. The van der Waals surface area contributed by atoms with E-state index in [1.54, 1.807) is 6.08 Å². The van der Waals surface area contributed by atoms with Crippen LogP contribution in [0.25, 0.3) is 22.9 Å². The van der Waals surface area contributed by atoms with E-state index in [1.165, 1.54) is 11.8 Å². The number of aryl methyl sites for hydroxylation is 1. The molecule has 0 spiro atoms. The molecule has 3 N–H and O–H groups in total. The number of hydrogen-bond acceptors (Lipinski definition) is 2. The molecule has 0 saturated heterocycles. The first-order chi connectivity index (χ1) is 19.7. The fraction of sp³-hybridized carbons (Fsp3) is 0.103. The van der Waals surface area contributed by atoms with E-state index in [-0.39, 0.29) is 0 Å². The fourth-order valence-corrected chi connectivity index (χ4v) is 3.95. The molecule has 0 saturated carbocycles. The molecule has 0 aromatic heterocycles. The van der Waals surface area contributed by atoms with Crippen LogP contribution >= 0.6 is 0 Å². The summed E-state index contributed by atoms with van der Waals surface area (Å²) in [4.78, 5) is 0. The van der Waals surface area contributed by atoms with Gasteiger partial charge in [-0.15, -0.1) is 0 Å². The van der Waals surface area contributed by atoms with E-state index < -0.39 is 0 Å². The molecule has 0 atom stereocenters. The topological polar surface area (TPSA) is 49.9 Å². The average molecular weight is 539 g/mol. The fourth-order valence-electron chi connectivity index (χ4n) is 3.95. The zero-order valence-corrected chi connectivity index (χ0v) is 24.8. The highest BCUT2D eigenvalue weighted by Gasteiger charge is 2.06. The molecular weight excluding hydrogens is 496 g/mol. The van der Waals surface area contributed by atoms with Gasteiger partial charge in [0.2, 0.25) is 0 Å². The number of nitrogens with two attached hydrogens (primary N) is 1. The highest BCUT2D eigenvalue weighted by Crippen LogP contribution is 2.27. The van der Waals surface area contributed by atoms with E-state index in [0.29, 0.717) is 0 Å². The summed E-state index contributed by atoms with van der Waals surface area (Å²) in [5.74, 6) is 0. The molecule has 2 aromatic rings. The summed E-state index contributed by atoms with van der Waals surface area (Å²) in [6.45, 7) is 20.7. The van der Waals surface area contributed by atoms with Gasteiger partial charge in [-0.2, -0.15) is 0 Å². The zero-order chi connectivity index (χ0) is 30.2. The summed E-state index contributed by atoms with van der Waals surface area (Å²) in [6, 6.07) is 14.7. The maximum atomic E-state index is 7.27. The van der Waals surface area contributed by atoms with Crippen molar-refractivity contribution >= 4 is 18.0 Å². The largest absolute Gasteiger partial charge is 0.398 e. The Kier molecular flexibility index (Phi) is 13.3. The van der Waals surface area contributed by atoms with E-state index in [0.717, 1.165) is 55.8 Å². The van der Waals surface area contributed by atoms with Crippen molar-refractivity contribution in [1.29, 1.82) is 5.41 Å². The van der Waals surface area contributed by atoms with Crippen LogP contribution in [0.4, 0.5) is 0 Å². The number of nitrogens with one attached hydrogen (secondary N) is 1. The third-order valence-corrected chi connectivity index (χ3v) is 6.43. The molecule has 2 aromatic carbocycles. The van der Waals surface area contributed by atoms with Gasteiger partial charge in [-0.3, -0.25) is 0 Å². The van der Waals surface area contributed by atoms with Crippen molar-refractivity contribution in [2.45, 2.75) is 27.7 Å². The molecule has 0 fully saturated rings. The third kappa shape index (κ3) is 9.94. The smallest absolute Gasteiger partial charge is 0.0387 e. The summed E-state index contributed by atoms with van der Waals surface area (Å²) in [7, 11) is 0. The highest BCUT2D eigenvalue weighted by molar-refractivity contribution is 5.75. The molecule has 0 aliphatic rings. The van der Waals surface area contributed by atoms with Gasteiger partial charge >= 0.3 is 0 Å². The summed E-state index contributed by atoms with van der Waals surface area (Å²) >= 11 is 0. The Morgan fingerprint density at radius 2 is 1.44 bits per heavy atom. The van der Waals surface area contributed by atoms with E-state index in [2.05, 4.69) is 63.1 Å². The van der Waals surface area contributed by atoms with Crippen molar-refractivity contribution in [3.8, 4) is 11.1 Å². The summed E-state index contributed by atoms with van der Waals surface area (Å²) in [5.41, 5.74) is 17.0. The lowest BCUT2D eigenvalue weighted by atomic mass is 9.95. The van der Waals surface area contributed by atoms with Crippen LogP contribution in [0.5, 0.6) is 0 Å². The van der Waals surface area contributed by atoms with E-state index in [4.69, 9.17) is 11.1 Å². The van der Waals surface area contributed by atoms with Crippen LogP contribution in [0.15, 0.2) is 163 Å². The Morgan fingerprint density at radius 1 is 0.756 bits per heavy atom. The lowest BCUT2D eigenvalue weighted by Gasteiger charge is -2.10. The monoisotopic (exact) mass is 538 g/mol. The lowest BCUT2D eigenvalue weighted by Crippen LogP contribution is -1.96. The van der Waals surface area contributed by atoms with Gasteiger partial charge in [0, 0.05) is 11.9 Å². The predicted octanol–water partition coefficient (Wildman–Crippen LogP) is 10.4. The predicted molar refractivity (Wildman–Crippen MR) is 184 cm³/mol. The van der Waals surface area contributed by atoms with Gasteiger partial charge in [-0.1, -0.05) is 117 Å². The molecule has 0 bridgehead atoms. The van der Waals surface area contributed by atoms with Gasteiger partial charge in [0.05, 0.1) is 0 Å². The maximum Gasteiger partial charge on any atom is 0.0387 e. The summed E-state index contributed by atoms with van der Waals surface area (Å²) in [5, 5.41) is 7.27. The van der Waals surface area contributed by atoms with Crippen molar-refractivity contribution in [2.24, 2.45) is 5.73 Å². The molecule has 2 heteroatoms. The quantitative estimate of drug-likeness (QED) is 0.193. The van der Waals surface area contributed by atoms with Gasteiger partial charge in [0.1, 0.15) is 0 Å². The molecule has 0 heterocycles. The van der Waals surface area contributed by atoms with Crippen LogP contribution < -0.4 is 5.73 Å². The van der Waals surface area contributed by atoms with Gasteiger partial charge in [0.25, 0.3) is 0 Å². The van der Waals surface area contributed by atoms with Crippen molar-refractivity contribution < 1.29 is 0 Å². The third-order valence-electron chi connectivity index (χ3n) is 6.43. The van der Waals surface area contributed by atoms with Crippen LogP contribution in [-0.4, -0.2) is 6.21 Å². The molecule has 0 amide bonds. The van der Waals surface area contributed by atoms with Crippen molar-refractivity contribution in [3.05, 3.63) is 180 Å². The van der Waals surface area contributed by atoms with Crippen LogP contribution in [0, 0.1) is 12.3 Å². The Labute approximate surface area is 247 Å². The molecular formula is C39H42N2. The van der Waals surface area contributed by atoms with Gasteiger partial charge < -0.3 is 11.1 Å². The minimum absolute atomic E-state index is 0.734. The van der Waals surface area contributed by atoms with Crippen LogP contribution in [0.2, 0.25) is 0 Å². The highest BCUT2D eigenvalue weighted by atomic mass is 14.6. The van der Waals surface area contributed by atoms with E-state index >= 15 is 0 Å². The first-order valence-electron chi connectivity index (χ1n) is 13.7. The van der Waals surface area contributed by atoms with Gasteiger partial charge in [-0.05, 0) is 108 Å². The normalized spacial score (nSPS) is 13.3. The zero-order valence-electron chi connectivity index (χ0n) is 24.8. The summed E-state index contributed by atoms with van der Waals surface area (Å²) < 4.78 is 0. The second kappa shape index (κ2) is 16.9. The van der Waals surface area contributed by atoms with Crippen molar-refractivity contribution in [3.63, 3.8) is 0 Å². The Morgan fingerprint density at radius 3 is 2.12 bits per heavy atom. The minimum Gasteiger partial charge on any atom is -0.398 e. The average Bonchev–Trinajstić information content (AvgIpc) is 2.99. The Hall–Kier alpha value is -4.95. The van der Waals surface area contributed by atoms with Gasteiger partial charge in [0.15, 0.2) is 0 Å². The van der Waals surface area contributed by atoms with Gasteiger partial charge in [-0.25, -0.2) is 0 Å². The standard InChI is InChI=1S/C39H42N2/c1-8-11-18-38(32(7)15-14-26-40)33(10-3)23-20-29(4)30(5)21-24-34-27-36(25-22-31(34)6)35-16-13-17-37(28-35)39(41)19-12-9-2/h8-28,40H,4-5,7,41H2,1-3,6H3/b11-8-,12-9-,15-14-,23-20-,24-21-,33-10+,38-18-,39-19-,40-26?. The molecule has 41 heavy (non-hydrogen) atoms. The molecule has 2 rings (SSSR count). The summed E-state index contributed by atoms with van der Waals surface area (Å²) in [6.07, 6.45) is 26.7. The second-order valence-electron chi connectivity index (χ2n) is 9.42. The lowest BCUT2D eigenvalue weighted by molar-refractivity contribution is 1.43. The first kappa shape index (κ1) is 32.3. The number of benzene rings is 2. The second-order valence-corrected chi connectivity index (χ2v) is 9.42. The molecule has 0 unspecified atom stereocenters. The maximum absolute atomic E-state index is 7.27.